The molecule has 0 saturated heterocycles. The molecule has 16 heavy (non-hydrogen) atoms. The number of carbonyl (C=O) groups is 1. The van der Waals surface area contributed by atoms with E-state index in [0.717, 1.165) is 16.7 Å². The molecule has 0 radical (unpaired) electrons. The van der Waals surface area contributed by atoms with Gasteiger partial charge in [0.05, 0.1) is 7.11 Å². The fourth-order valence-corrected chi connectivity index (χ4v) is 2.42. The zero-order valence-corrected chi connectivity index (χ0v) is 10.0. The zero-order valence-electron chi connectivity index (χ0n) is 9.19. The summed E-state index contributed by atoms with van der Waals surface area (Å²) in [6, 6.07) is 7.66. The van der Waals surface area contributed by atoms with E-state index in [1.165, 1.54) is 5.56 Å². The second-order valence-corrected chi connectivity index (χ2v) is 4.51. The van der Waals surface area contributed by atoms with Crippen LogP contribution in [0.3, 0.4) is 0 Å². The summed E-state index contributed by atoms with van der Waals surface area (Å²) in [7, 11) is 1.60. The number of thiophene rings is 1. The molecular weight excluding hydrogens is 220 g/mol. The van der Waals surface area contributed by atoms with E-state index in [-0.39, 0.29) is 0 Å². The number of aldehydes is 1. The highest BCUT2D eigenvalue weighted by molar-refractivity contribution is 7.13. The molecule has 0 saturated carbocycles. The van der Waals surface area contributed by atoms with E-state index in [0.29, 0.717) is 11.3 Å². The topological polar surface area (TPSA) is 26.3 Å². The lowest BCUT2D eigenvalue weighted by Crippen LogP contribution is -1.87. The summed E-state index contributed by atoms with van der Waals surface area (Å²) in [6.07, 6.45) is 0.840. The van der Waals surface area contributed by atoms with Gasteiger partial charge in [-0.05, 0) is 47.7 Å². The normalized spacial score (nSPS) is 10.1. The molecule has 0 aliphatic carbocycles. The van der Waals surface area contributed by atoms with E-state index in [9.17, 15) is 4.79 Å². The third kappa shape index (κ3) is 2.14. The van der Waals surface area contributed by atoms with Crippen molar-refractivity contribution < 1.29 is 9.53 Å². The highest BCUT2D eigenvalue weighted by Crippen LogP contribution is 2.30. The van der Waals surface area contributed by atoms with Crippen LogP contribution in [0.1, 0.15) is 15.9 Å². The van der Waals surface area contributed by atoms with Crippen LogP contribution in [0, 0.1) is 6.92 Å². The fourth-order valence-electron chi connectivity index (χ4n) is 1.53. The largest absolute Gasteiger partial charge is 0.497 e. The van der Waals surface area contributed by atoms with Crippen LogP contribution in [0.4, 0.5) is 0 Å². The highest BCUT2D eigenvalue weighted by Gasteiger charge is 2.05. The molecule has 0 N–H and O–H groups in total. The van der Waals surface area contributed by atoms with Crippen molar-refractivity contribution in [2.75, 3.05) is 7.11 Å². The number of aryl methyl sites for hydroxylation is 1. The van der Waals surface area contributed by atoms with E-state index >= 15 is 0 Å². The Hall–Kier alpha value is -1.61. The van der Waals surface area contributed by atoms with Crippen molar-refractivity contribution in [1.82, 2.24) is 0 Å². The third-order valence-corrected chi connectivity index (χ3v) is 3.41. The van der Waals surface area contributed by atoms with Crippen LogP contribution < -0.4 is 4.74 Å². The molecular formula is C13H12O2S. The SMILES string of the molecule is COc1cc(C=O)cc(-c2cc(C)cs2)c1. The summed E-state index contributed by atoms with van der Waals surface area (Å²) in [6.45, 7) is 2.06. The maximum absolute atomic E-state index is 10.8. The molecule has 82 valence electrons. The molecule has 0 fully saturated rings. The molecule has 2 rings (SSSR count). The average molecular weight is 232 g/mol. The van der Waals surface area contributed by atoms with E-state index < -0.39 is 0 Å². The zero-order chi connectivity index (χ0) is 11.5. The summed E-state index contributed by atoms with van der Waals surface area (Å²) in [4.78, 5) is 12.0. The Morgan fingerprint density at radius 2 is 2.06 bits per heavy atom. The maximum atomic E-state index is 10.8. The molecule has 0 spiro atoms. The molecule has 1 heterocycles. The standard InChI is InChI=1S/C13H12O2S/c1-9-3-13(16-8-9)11-4-10(7-14)5-12(6-11)15-2/h3-8H,1-2H3. The van der Waals surface area contributed by atoms with E-state index in [1.54, 1.807) is 24.5 Å². The Balaban J connectivity index is 2.51. The Labute approximate surface area is 98.5 Å². The van der Waals surface area contributed by atoms with Crippen molar-refractivity contribution >= 4 is 17.6 Å². The Kier molecular flexibility index (Phi) is 3.06. The third-order valence-electron chi connectivity index (χ3n) is 2.32. The summed E-state index contributed by atoms with van der Waals surface area (Å²) in [5.74, 6) is 0.714. The number of carbonyl (C=O) groups excluding carboxylic acids is 1. The first kappa shape index (κ1) is 10.9. The van der Waals surface area contributed by atoms with Gasteiger partial charge >= 0.3 is 0 Å². The van der Waals surface area contributed by atoms with Gasteiger partial charge in [-0.15, -0.1) is 11.3 Å². The van der Waals surface area contributed by atoms with E-state index in [4.69, 9.17) is 4.74 Å². The molecule has 1 aromatic heterocycles. The highest BCUT2D eigenvalue weighted by atomic mass is 32.1. The second-order valence-electron chi connectivity index (χ2n) is 3.60. The molecule has 2 aromatic rings. The minimum absolute atomic E-state index is 0.639. The quantitative estimate of drug-likeness (QED) is 0.756. The van der Waals surface area contributed by atoms with Crippen molar-refractivity contribution in [2.24, 2.45) is 0 Å². The van der Waals surface area contributed by atoms with Gasteiger partial charge in [0.15, 0.2) is 0 Å². The lowest BCUT2D eigenvalue weighted by molar-refractivity contribution is 0.112. The summed E-state index contributed by atoms with van der Waals surface area (Å²) in [5.41, 5.74) is 2.90. The Morgan fingerprint density at radius 1 is 1.25 bits per heavy atom. The van der Waals surface area contributed by atoms with Crippen LogP contribution in [0.25, 0.3) is 10.4 Å². The van der Waals surface area contributed by atoms with Gasteiger partial charge in [0.25, 0.3) is 0 Å². The molecule has 3 heteroatoms. The van der Waals surface area contributed by atoms with Crippen molar-refractivity contribution in [1.29, 1.82) is 0 Å². The van der Waals surface area contributed by atoms with Crippen LogP contribution in [-0.2, 0) is 0 Å². The monoisotopic (exact) mass is 232 g/mol. The fraction of sp³-hybridized carbons (Fsp3) is 0.154. The smallest absolute Gasteiger partial charge is 0.150 e. The van der Waals surface area contributed by atoms with Gasteiger partial charge in [0, 0.05) is 10.4 Å². The van der Waals surface area contributed by atoms with Crippen LogP contribution in [0.5, 0.6) is 5.75 Å². The Bertz CT molecular complexity index is 514. The van der Waals surface area contributed by atoms with Gasteiger partial charge in [0.2, 0.25) is 0 Å². The molecule has 0 aliphatic heterocycles. The van der Waals surface area contributed by atoms with Gasteiger partial charge < -0.3 is 4.74 Å². The first-order chi connectivity index (χ1) is 7.72. The predicted molar refractivity (Wildman–Crippen MR) is 66.4 cm³/mol. The van der Waals surface area contributed by atoms with Gasteiger partial charge in [-0.25, -0.2) is 0 Å². The predicted octanol–water partition coefficient (Wildman–Crippen LogP) is 3.54. The van der Waals surface area contributed by atoms with E-state index in [1.807, 2.05) is 12.1 Å². The lowest BCUT2D eigenvalue weighted by Gasteiger charge is -2.04. The van der Waals surface area contributed by atoms with Gasteiger partial charge in [-0.1, -0.05) is 0 Å². The summed E-state index contributed by atoms with van der Waals surface area (Å²) >= 11 is 1.67. The molecule has 0 atom stereocenters. The van der Waals surface area contributed by atoms with E-state index in [2.05, 4.69) is 18.4 Å². The van der Waals surface area contributed by atoms with Crippen LogP contribution in [0.15, 0.2) is 29.6 Å². The maximum Gasteiger partial charge on any atom is 0.150 e. The van der Waals surface area contributed by atoms with Crippen LogP contribution >= 0.6 is 11.3 Å². The van der Waals surface area contributed by atoms with Gasteiger partial charge in [-0.3, -0.25) is 4.79 Å². The number of rotatable bonds is 3. The molecule has 0 aliphatic rings. The van der Waals surface area contributed by atoms with Crippen LogP contribution in [0.2, 0.25) is 0 Å². The first-order valence-electron chi connectivity index (χ1n) is 4.92. The molecule has 0 bridgehead atoms. The number of ether oxygens (including phenoxy) is 1. The van der Waals surface area contributed by atoms with Crippen molar-refractivity contribution in [3.05, 3.63) is 40.8 Å². The van der Waals surface area contributed by atoms with Crippen molar-refractivity contribution in [3.8, 4) is 16.2 Å². The number of benzene rings is 1. The lowest BCUT2D eigenvalue weighted by atomic mass is 10.1. The first-order valence-corrected chi connectivity index (χ1v) is 5.80. The van der Waals surface area contributed by atoms with Crippen molar-refractivity contribution in [3.63, 3.8) is 0 Å². The van der Waals surface area contributed by atoms with Crippen LogP contribution in [-0.4, -0.2) is 13.4 Å². The summed E-state index contributed by atoms with van der Waals surface area (Å²) in [5, 5.41) is 2.09. The number of hydrogen-bond acceptors (Lipinski definition) is 3. The Morgan fingerprint density at radius 3 is 2.62 bits per heavy atom. The minimum Gasteiger partial charge on any atom is -0.497 e. The molecule has 2 nitrogen and oxygen atoms in total. The number of methoxy groups -OCH3 is 1. The molecule has 0 unspecified atom stereocenters. The summed E-state index contributed by atoms with van der Waals surface area (Å²) < 4.78 is 5.17. The molecule has 1 aromatic carbocycles. The number of hydrogen-bond donors (Lipinski definition) is 0. The second kappa shape index (κ2) is 4.49. The van der Waals surface area contributed by atoms with Gasteiger partial charge in [-0.2, -0.15) is 0 Å². The average Bonchev–Trinajstić information content (AvgIpc) is 2.75. The minimum atomic E-state index is 0.639. The van der Waals surface area contributed by atoms with Gasteiger partial charge in [0.1, 0.15) is 12.0 Å². The molecule has 0 amide bonds. The van der Waals surface area contributed by atoms with Crippen molar-refractivity contribution in [2.45, 2.75) is 6.92 Å².